The van der Waals surface area contributed by atoms with Crippen LogP contribution in [0.1, 0.15) is 24.0 Å². The predicted octanol–water partition coefficient (Wildman–Crippen LogP) is 3.32. The molecule has 0 aliphatic carbocycles. The third-order valence-electron chi connectivity index (χ3n) is 3.17. The average molecular weight is 228 g/mol. The van der Waals surface area contributed by atoms with Crippen LogP contribution < -0.4 is 0 Å². The Morgan fingerprint density at radius 1 is 0.875 bits per heavy atom. The van der Waals surface area contributed by atoms with Crippen LogP contribution in [0.15, 0.2) is 58.3 Å². The Morgan fingerprint density at radius 2 is 1.31 bits per heavy atom. The van der Waals surface area contributed by atoms with Gasteiger partial charge in [0.2, 0.25) is 0 Å². The molecule has 0 aromatic heterocycles. The fourth-order valence-corrected chi connectivity index (χ4v) is 3.86. The van der Waals surface area contributed by atoms with E-state index in [9.17, 15) is 4.21 Å². The number of hydrogen-bond donors (Lipinski definition) is 0. The minimum absolute atomic E-state index is 0.338. The lowest BCUT2D eigenvalue weighted by atomic mass is 9.93. The summed E-state index contributed by atoms with van der Waals surface area (Å²) in [6, 6.07) is 16.0. The van der Waals surface area contributed by atoms with Crippen molar-refractivity contribution in [3.8, 4) is 0 Å². The molecule has 0 N–H and O–H groups in total. The van der Waals surface area contributed by atoms with Crippen LogP contribution in [0.3, 0.4) is 0 Å². The monoisotopic (exact) mass is 228 g/mol. The molecule has 2 aromatic rings. The number of benzene rings is 2. The van der Waals surface area contributed by atoms with Gasteiger partial charge in [0.05, 0.1) is 10.8 Å². The second-order valence-corrected chi connectivity index (χ2v) is 5.48. The molecule has 0 spiro atoms. The van der Waals surface area contributed by atoms with Crippen molar-refractivity contribution < 1.29 is 4.21 Å². The highest BCUT2D eigenvalue weighted by atomic mass is 32.2. The van der Waals surface area contributed by atoms with E-state index in [4.69, 9.17) is 0 Å². The lowest BCUT2D eigenvalue weighted by Gasteiger charge is -2.24. The lowest BCUT2D eigenvalue weighted by Crippen LogP contribution is -2.12. The summed E-state index contributed by atoms with van der Waals surface area (Å²) in [5.41, 5.74) is 2.39. The van der Waals surface area contributed by atoms with Gasteiger partial charge in [0, 0.05) is 15.7 Å². The van der Waals surface area contributed by atoms with Crippen LogP contribution in [-0.4, -0.2) is 4.21 Å². The molecule has 0 unspecified atom stereocenters. The first-order chi connectivity index (χ1) is 7.79. The maximum atomic E-state index is 12.4. The van der Waals surface area contributed by atoms with Gasteiger partial charge in [0.1, 0.15) is 0 Å². The molecule has 1 aliphatic heterocycles. The molecule has 2 heteroatoms. The molecule has 0 saturated heterocycles. The van der Waals surface area contributed by atoms with Gasteiger partial charge >= 0.3 is 0 Å². The summed E-state index contributed by atoms with van der Waals surface area (Å²) in [5, 5.41) is 0. The summed E-state index contributed by atoms with van der Waals surface area (Å²) in [7, 11) is -1.01. The third-order valence-corrected chi connectivity index (χ3v) is 4.71. The Balaban J connectivity index is 2.30. The van der Waals surface area contributed by atoms with Gasteiger partial charge < -0.3 is 0 Å². The second-order valence-electron chi connectivity index (χ2n) is 4.07. The highest BCUT2D eigenvalue weighted by Gasteiger charge is 2.26. The van der Waals surface area contributed by atoms with Gasteiger partial charge in [0.15, 0.2) is 0 Å². The highest BCUT2D eigenvalue weighted by Crippen LogP contribution is 2.38. The van der Waals surface area contributed by atoms with Crippen LogP contribution >= 0.6 is 0 Å². The summed E-state index contributed by atoms with van der Waals surface area (Å²) < 4.78 is 12.4. The maximum absolute atomic E-state index is 12.4. The topological polar surface area (TPSA) is 17.1 Å². The number of fused-ring (bicyclic) bond motifs is 2. The summed E-state index contributed by atoms with van der Waals surface area (Å²) in [6.45, 7) is 2.17. The predicted molar refractivity (Wildman–Crippen MR) is 65.1 cm³/mol. The molecule has 0 amide bonds. The number of hydrogen-bond acceptors (Lipinski definition) is 1. The van der Waals surface area contributed by atoms with Gasteiger partial charge in [-0.15, -0.1) is 0 Å². The van der Waals surface area contributed by atoms with E-state index in [1.807, 2.05) is 36.4 Å². The van der Waals surface area contributed by atoms with Crippen LogP contribution in [0.25, 0.3) is 0 Å². The molecular formula is C14H12OS. The zero-order chi connectivity index (χ0) is 11.1. The van der Waals surface area contributed by atoms with E-state index in [2.05, 4.69) is 19.1 Å². The molecule has 2 aromatic carbocycles. The molecule has 0 fully saturated rings. The molecule has 3 rings (SSSR count). The van der Waals surface area contributed by atoms with Crippen molar-refractivity contribution in [3.63, 3.8) is 0 Å². The standard InChI is InChI=1S/C14H12OS/c1-10-11-6-2-4-8-13(11)16(15)14-9-5-3-7-12(10)14/h2-10H,1H3. The summed E-state index contributed by atoms with van der Waals surface area (Å²) in [5.74, 6) is 0.338. The van der Waals surface area contributed by atoms with Gasteiger partial charge in [-0.25, -0.2) is 4.21 Å². The van der Waals surface area contributed by atoms with Crippen LogP contribution in [0.2, 0.25) is 0 Å². The molecule has 0 bridgehead atoms. The molecule has 0 atom stereocenters. The van der Waals surface area contributed by atoms with E-state index in [0.29, 0.717) is 5.92 Å². The van der Waals surface area contributed by atoms with Gasteiger partial charge in [-0.1, -0.05) is 43.3 Å². The normalized spacial score (nSPS) is 22.3. The van der Waals surface area contributed by atoms with Crippen molar-refractivity contribution in [2.24, 2.45) is 0 Å². The van der Waals surface area contributed by atoms with Gasteiger partial charge in [0.25, 0.3) is 0 Å². The average Bonchev–Trinajstić information content (AvgIpc) is 2.36. The van der Waals surface area contributed by atoms with E-state index in [0.717, 1.165) is 9.79 Å². The van der Waals surface area contributed by atoms with Gasteiger partial charge in [-0.2, -0.15) is 0 Å². The van der Waals surface area contributed by atoms with Crippen LogP contribution in [0.4, 0.5) is 0 Å². The molecule has 0 saturated carbocycles. The van der Waals surface area contributed by atoms with Crippen molar-refractivity contribution >= 4 is 10.8 Å². The van der Waals surface area contributed by atoms with Gasteiger partial charge in [-0.3, -0.25) is 0 Å². The molecule has 16 heavy (non-hydrogen) atoms. The molecule has 0 radical (unpaired) electrons. The van der Waals surface area contributed by atoms with Crippen molar-refractivity contribution in [2.75, 3.05) is 0 Å². The number of rotatable bonds is 0. The Hall–Kier alpha value is -1.41. The zero-order valence-electron chi connectivity index (χ0n) is 9.01. The van der Waals surface area contributed by atoms with E-state index < -0.39 is 10.8 Å². The summed E-state index contributed by atoms with van der Waals surface area (Å²) in [4.78, 5) is 1.93. The Morgan fingerprint density at radius 3 is 1.81 bits per heavy atom. The molecule has 1 heterocycles. The fraction of sp³-hybridized carbons (Fsp3) is 0.143. The molecule has 80 valence electrons. The summed E-state index contributed by atoms with van der Waals surface area (Å²) in [6.07, 6.45) is 0. The van der Waals surface area contributed by atoms with E-state index >= 15 is 0 Å². The first kappa shape index (κ1) is 9.79. The first-order valence-corrected chi connectivity index (χ1v) is 6.53. The first-order valence-electron chi connectivity index (χ1n) is 5.38. The Kier molecular flexibility index (Phi) is 2.18. The van der Waals surface area contributed by atoms with Crippen molar-refractivity contribution in [1.29, 1.82) is 0 Å². The summed E-state index contributed by atoms with van der Waals surface area (Å²) >= 11 is 0. The van der Waals surface area contributed by atoms with Crippen LogP contribution in [0, 0.1) is 0 Å². The Labute approximate surface area is 97.6 Å². The van der Waals surface area contributed by atoms with Crippen molar-refractivity contribution in [3.05, 3.63) is 59.7 Å². The molecule has 1 nitrogen and oxygen atoms in total. The second kappa shape index (κ2) is 3.56. The SMILES string of the molecule is CC1c2ccccc2S(=O)c2ccccc21. The lowest BCUT2D eigenvalue weighted by molar-refractivity contribution is 0.675. The fourth-order valence-electron chi connectivity index (χ4n) is 2.30. The van der Waals surface area contributed by atoms with E-state index in [-0.39, 0.29) is 0 Å². The van der Waals surface area contributed by atoms with Crippen LogP contribution in [-0.2, 0) is 10.8 Å². The van der Waals surface area contributed by atoms with E-state index in [1.165, 1.54) is 11.1 Å². The minimum atomic E-state index is -1.01. The van der Waals surface area contributed by atoms with Gasteiger partial charge in [-0.05, 0) is 23.3 Å². The molecular weight excluding hydrogens is 216 g/mol. The Bertz CT molecular complexity index is 525. The largest absolute Gasteiger partial charge is 0.249 e. The highest BCUT2D eigenvalue weighted by molar-refractivity contribution is 7.85. The third kappa shape index (κ3) is 1.26. The smallest absolute Gasteiger partial charge is 0.0855 e. The van der Waals surface area contributed by atoms with Crippen LogP contribution in [0.5, 0.6) is 0 Å². The van der Waals surface area contributed by atoms with Crippen molar-refractivity contribution in [2.45, 2.75) is 22.6 Å². The maximum Gasteiger partial charge on any atom is 0.0855 e. The molecule has 1 aliphatic rings. The quantitative estimate of drug-likeness (QED) is 0.676. The zero-order valence-corrected chi connectivity index (χ0v) is 9.83. The minimum Gasteiger partial charge on any atom is -0.249 e. The van der Waals surface area contributed by atoms with Crippen molar-refractivity contribution in [1.82, 2.24) is 0 Å². The van der Waals surface area contributed by atoms with E-state index in [1.54, 1.807) is 0 Å².